The molecule has 1 unspecified atom stereocenters. The molecule has 0 bridgehead atoms. The van der Waals surface area contributed by atoms with Crippen LogP contribution in [0.4, 0.5) is 11.6 Å². The van der Waals surface area contributed by atoms with E-state index in [-0.39, 0.29) is 5.91 Å². The Hall–Kier alpha value is -4.60. The molecule has 1 amide bonds. The molecule has 34 heavy (non-hydrogen) atoms. The zero-order chi connectivity index (χ0) is 23.7. The van der Waals surface area contributed by atoms with Crippen LogP contribution in [0.25, 0.3) is 11.6 Å². The van der Waals surface area contributed by atoms with E-state index in [2.05, 4.69) is 25.7 Å². The van der Waals surface area contributed by atoms with Crippen LogP contribution in [0.3, 0.4) is 0 Å². The molecule has 10 nitrogen and oxygen atoms in total. The predicted molar refractivity (Wildman–Crippen MR) is 125 cm³/mol. The van der Waals surface area contributed by atoms with Crippen molar-refractivity contribution in [2.24, 2.45) is 0 Å². The van der Waals surface area contributed by atoms with Crippen molar-refractivity contribution in [1.82, 2.24) is 19.7 Å². The van der Waals surface area contributed by atoms with Gasteiger partial charge in [-0.3, -0.25) is 9.78 Å². The zero-order valence-electron chi connectivity index (χ0n) is 18.8. The van der Waals surface area contributed by atoms with Gasteiger partial charge < -0.3 is 24.5 Å². The number of benzene rings is 1. The summed E-state index contributed by atoms with van der Waals surface area (Å²) in [7, 11) is 3.16. The molecule has 4 aromatic rings. The summed E-state index contributed by atoms with van der Waals surface area (Å²) in [6.07, 6.45) is 4.78. The first-order chi connectivity index (χ1) is 16.6. The highest BCUT2D eigenvalue weighted by molar-refractivity contribution is 6.06. The highest BCUT2D eigenvalue weighted by atomic mass is 16.5. The minimum Gasteiger partial charge on any atom is -0.497 e. The summed E-state index contributed by atoms with van der Waals surface area (Å²) in [6.45, 7) is 1.82. The van der Waals surface area contributed by atoms with Gasteiger partial charge in [0.15, 0.2) is 5.76 Å². The molecular formula is C24H22N6O4. The smallest absolute Gasteiger partial charge is 0.255 e. The van der Waals surface area contributed by atoms with Crippen molar-refractivity contribution < 1.29 is 18.7 Å². The molecule has 1 aliphatic heterocycles. The fourth-order valence-electron chi connectivity index (χ4n) is 3.93. The second-order valence-electron chi connectivity index (χ2n) is 7.55. The number of rotatable bonds is 6. The van der Waals surface area contributed by atoms with Crippen molar-refractivity contribution in [1.29, 1.82) is 0 Å². The Morgan fingerprint density at radius 1 is 1.18 bits per heavy atom. The predicted octanol–water partition coefficient (Wildman–Crippen LogP) is 3.88. The van der Waals surface area contributed by atoms with E-state index in [1.165, 1.54) is 0 Å². The summed E-state index contributed by atoms with van der Waals surface area (Å²) in [5, 5.41) is 10.8. The summed E-state index contributed by atoms with van der Waals surface area (Å²) in [5.41, 5.74) is 2.34. The lowest BCUT2D eigenvalue weighted by atomic mass is 9.94. The highest BCUT2D eigenvalue weighted by Crippen LogP contribution is 2.41. The van der Waals surface area contributed by atoms with Crippen molar-refractivity contribution in [3.05, 3.63) is 78.0 Å². The number of methoxy groups -OCH3 is 2. The van der Waals surface area contributed by atoms with Crippen molar-refractivity contribution >= 4 is 17.5 Å². The molecule has 172 valence electrons. The summed E-state index contributed by atoms with van der Waals surface area (Å²) in [5.74, 6) is 2.26. The lowest BCUT2D eigenvalue weighted by Gasteiger charge is -2.29. The number of allylic oxidation sites excluding steroid dienone is 1. The third-order valence-electron chi connectivity index (χ3n) is 5.49. The van der Waals surface area contributed by atoms with Gasteiger partial charge in [-0.2, -0.15) is 4.98 Å². The van der Waals surface area contributed by atoms with E-state index >= 15 is 0 Å². The fourth-order valence-corrected chi connectivity index (χ4v) is 3.93. The van der Waals surface area contributed by atoms with Gasteiger partial charge in [0, 0.05) is 17.5 Å². The first kappa shape index (κ1) is 21.3. The topological polar surface area (TPSA) is 116 Å². The van der Waals surface area contributed by atoms with E-state index in [0.29, 0.717) is 51.6 Å². The average molecular weight is 458 g/mol. The first-order valence-corrected chi connectivity index (χ1v) is 10.5. The third-order valence-corrected chi connectivity index (χ3v) is 5.49. The number of nitrogens with zero attached hydrogens (tertiary/aromatic N) is 4. The second-order valence-corrected chi connectivity index (χ2v) is 7.55. The van der Waals surface area contributed by atoms with E-state index in [0.717, 1.165) is 0 Å². The van der Waals surface area contributed by atoms with Crippen LogP contribution in [0.5, 0.6) is 11.5 Å². The Morgan fingerprint density at radius 2 is 2.06 bits per heavy atom. The number of hydrogen-bond donors (Lipinski definition) is 2. The van der Waals surface area contributed by atoms with Gasteiger partial charge in [-0.15, -0.1) is 5.10 Å². The van der Waals surface area contributed by atoms with Gasteiger partial charge in [-0.05, 0) is 49.4 Å². The average Bonchev–Trinajstić information content (AvgIpc) is 3.53. The number of furan rings is 1. The molecule has 1 aromatic carbocycles. The molecule has 10 heteroatoms. The van der Waals surface area contributed by atoms with Crippen LogP contribution < -0.4 is 20.1 Å². The number of hydrogen-bond acceptors (Lipinski definition) is 8. The lowest BCUT2D eigenvalue weighted by molar-refractivity contribution is -0.113. The summed E-state index contributed by atoms with van der Waals surface area (Å²) in [6, 6.07) is 11.8. The van der Waals surface area contributed by atoms with Crippen molar-refractivity contribution in [3.8, 4) is 23.1 Å². The number of fused-ring (bicyclic) bond motifs is 1. The lowest BCUT2D eigenvalue weighted by Crippen LogP contribution is -2.31. The molecule has 1 atom stereocenters. The quantitative estimate of drug-likeness (QED) is 0.447. The number of ether oxygens (including phenoxy) is 2. The normalized spacial score (nSPS) is 14.9. The van der Waals surface area contributed by atoms with Crippen molar-refractivity contribution in [2.45, 2.75) is 13.0 Å². The standard InChI is InChI=1S/C24H22N6O4/c1-14-20(23(31)27-15-6-4-10-25-13-15)21(17-12-16(32-2)8-9-18(17)33-3)30-24(26-14)28-22(29-30)19-7-5-11-34-19/h4-13,21H,1-3H3,(H,27,31)(H,26,28,29). The van der Waals surface area contributed by atoms with E-state index in [9.17, 15) is 4.79 Å². The van der Waals surface area contributed by atoms with Gasteiger partial charge >= 0.3 is 0 Å². The molecule has 0 spiro atoms. The molecule has 0 radical (unpaired) electrons. The Labute approximate surface area is 195 Å². The summed E-state index contributed by atoms with van der Waals surface area (Å²) in [4.78, 5) is 22.2. The largest absolute Gasteiger partial charge is 0.497 e. The van der Waals surface area contributed by atoms with Crippen molar-refractivity contribution in [2.75, 3.05) is 24.9 Å². The summed E-state index contributed by atoms with van der Waals surface area (Å²) < 4.78 is 18.3. The Morgan fingerprint density at radius 3 is 2.76 bits per heavy atom. The molecule has 0 saturated heterocycles. The second kappa shape index (κ2) is 8.74. The monoisotopic (exact) mass is 458 g/mol. The van der Waals surface area contributed by atoms with E-state index < -0.39 is 6.04 Å². The molecule has 0 aliphatic carbocycles. The number of carbonyl (C=O) groups is 1. The highest BCUT2D eigenvalue weighted by Gasteiger charge is 2.36. The maximum atomic E-state index is 13.6. The number of amides is 1. The molecule has 0 saturated carbocycles. The van der Waals surface area contributed by atoms with Crippen LogP contribution in [0, 0.1) is 0 Å². The SMILES string of the molecule is COc1ccc(OC)c(C2C(C(=O)Nc3cccnc3)=C(C)Nc3nc(-c4ccco4)nn32)c1. The number of pyridine rings is 1. The van der Waals surface area contributed by atoms with Crippen molar-refractivity contribution in [3.63, 3.8) is 0 Å². The minimum atomic E-state index is -0.658. The maximum absolute atomic E-state index is 13.6. The molecule has 0 fully saturated rings. The van der Waals surface area contributed by atoms with Gasteiger partial charge in [0.25, 0.3) is 5.91 Å². The summed E-state index contributed by atoms with van der Waals surface area (Å²) >= 11 is 0. The number of carbonyl (C=O) groups excluding carboxylic acids is 1. The van der Waals surface area contributed by atoms with Crippen LogP contribution in [-0.2, 0) is 4.79 Å². The minimum absolute atomic E-state index is 0.312. The maximum Gasteiger partial charge on any atom is 0.255 e. The van der Waals surface area contributed by atoms with Gasteiger partial charge in [0.1, 0.15) is 17.5 Å². The van der Waals surface area contributed by atoms with E-state index in [1.807, 2.05) is 13.0 Å². The molecule has 4 heterocycles. The third kappa shape index (κ3) is 3.75. The van der Waals surface area contributed by atoms with Crippen LogP contribution >= 0.6 is 0 Å². The molecular weight excluding hydrogens is 436 g/mol. The van der Waals surface area contributed by atoms with Gasteiger partial charge in [-0.25, -0.2) is 4.68 Å². The molecule has 5 rings (SSSR count). The van der Waals surface area contributed by atoms with Gasteiger partial charge in [-0.1, -0.05) is 0 Å². The number of nitrogens with one attached hydrogen (secondary N) is 2. The van der Waals surface area contributed by atoms with Crippen LogP contribution in [0.1, 0.15) is 18.5 Å². The number of aromatic nitrogens is 4. The first-order valence-electron chi connectivity index (χ1n) is 10.5. The van der Waals surface area contributed by atoms with Gasteiger partial charge in [0.2, 0.25) is 11.8 Å². The van der Waals surface area contributed by atoms with Crippen LogP contribution in [-0.4, -0.2) is 39.9 Å². The number of anilines is 2. The van der Waals surface area contributed by atoms with E-state index in [1.54, 1.807) is 74.0 Å². The molecule has 2 N–H and O–H groups in total. The zero-order valence-corrected chi connectivity index (χ0v) is 18.8. The molecule has 3 aromatic heterocycles. The Balaban J connectivity index is 1.67. The van der Waals surface area contributed by atoms with Gasteiger partial charge in [0.05, 0.1) is 37.9 Å². The Bertz CT molecular complexity index is 1360. The van der Waals surface area contributed by atoms with Crippen LogP contribution in [0.15, 0.2) is 76.8 Å². The van der Waals surface area contributed by atoms with Crippen LogP contribution in [0.2, 0.25) is 0 Å². The molecule has 1 aliphatic rings. The Kier molecular flexibility index (Phi) is 5.46. The fraction of sp³-hybridized carbons (Fsp3) is 0.167. The van der Waals surface area contributed by atoms with E-state index in [4.69, 9.17) is 13.9 Å².